The molecule has 2 N–H and O–H groups in total. The Morgan fingerprint density at radius 1 is 1.46 bits per heavy atom. The summed E-state index contributed by atoms with van der Waals surface area (Å²) in [6, 6.07) is 0. The van der Waals surface area contributed by atoms with Gasteiger partial charge in [-0.05, 0) is 24.4 Å². The molecule has 0 aliphatic carbocycles. The molecule has 0 spiro atoms. The van der Waals surface area contributed by atoms with Crippen LogP contribution < -0.4 is 0 Å². The number of aromatic nitrogens is 7. The van der Waals surface area contributed by atoms with Gasteiger partial charge in [-0.25, -0.2) is 3.97 Å². The number of nitrogens with zero attached hydrogens (tertiary/aromatic N) is 5. The highest BCUT2D eigenvalue weighted by atomic mass is 32.2. The average molecular weight is 215 g/mol. The van der Waals surface area contributed by atoms with Crippen LogP contribution in [0, 0.1) is 11.7 Å². The molecule has 0 fully saturated rings. The van der Waals surface area contributed by atoms with Gasteiger partial charge in [-0.1, -0.05) is 5.10 Å². The van der Waals surface area contributed by atoms with Crippen LogP contribution in [0.4, 0.5) is 0 Å². The third kappa shape index (κ3) is 1.60. The fourth-order valence-electron chi connectivity index (χ4n) is 0.747. The molecule has 0 unspecified atom stereocenters. The number of aromatic amines is 2. The highest BCUT2D eigenvalue weighted by Crippen LogP contribution is 2.15. The Hall–Kier alpha value is -1.22. The molecule has 2 aromatic heterocycles. The molecule has 0 atom stereocenters. The number of hydrogen-bond acceptors (Lipinski definition) is 6. The first-order chi connectivity index (χ1) is 6.27. The number of H-pyrrole nitrogens is 2. The van der Waals surface area contributed by atoms with E-state index in [1.807, 2.05) is 6.92 Å². The zero-order chi connectivity index (χ0) is 9.26. The van der Waals surface area contributed by atoms with E-state index in [1.165, 1.54) is 11.9 Å². The first kappa shape index (κ1) is 8.38. The van der Waals surface area contributed by atoms with Crippen molar-refractivity contribution in [3.05, 3.63) is 10.6 Å². The van der Waals surface area contributed by atoms with E-state index < -0.39 is 0 Å². The van der Waals surface area contributed by atoms with Gasteiger partial charge in [-0.2, -0.15) is 10.3 Å². The highest BCUT2D eigenvalue weighted by molar-refractivity contribution is 7.97. The number of rotatable bonds is 2. The van der Waals surface area contributed by atoms with Gasteiger partial charge >= 0.3 is 0 Å². The van der Waals surface area contributed by atoms with Crippen LogP contribution in [-0.4, -0.2) is 34.8 Å². The molecular weight excluding hydrogens is 210 g/mol. The van der Waals surface area contributed by atoms with Gasteiger partial charge in [0.2, 0.25) is 4.77 Å². The highest BCUT2D eigenvalue weighted by Gasteiger charge is 2.05. The fraction of sp³-hybridized carbons (Fsp3) is 0.250. The van der Waals surface area contributed by atoms with E-state index >= 15 is 0 Å². The van der Waals surface area contributed by atoms with Gasteiger partial charge in [0, 0.05) is 11.9 Å². The fourth-order valence-corrected chi connectivity index (χ4v) is 1.66. The monoisotopic (exact) mass is 215 g/mol. The predicted octanol–water partition coefficient (Wildman–Crippen LogP) is 0.318. The summed E-state index contributed by atoms with van der Waals surface area (Å²) in [4.78, 5) is 0. The van der Waals surface area contributed by atoms with Gasteiger partial charge in [0.25, 0.3) is 5.16 Å². The number of aryl methyl sites for hydroxylation is 1. The molecule has 2 aromatic rings. The molecular formula is C4H5N7S2. The van der Waals surface area contributed by atoms with Gasteiger partial charge in [0.1, 0.15) is 5.82 Å². The Bertz CT molecular complexity index is 439. The molecule has 0 aliphatic rings. The average Bonchev–Trinajstić information content (AvgIpc) is 2.70. The molecule has 2 rings (SSSR count). The first-order valence-corrected chi connectivity index (χ1v) is 4.51. The quantitative estimate of drug-likeness (QED) is 0.701. The van der Waals surface area contributed by atoms with Crippen molar-refractivity contribution in [2.24, 2.45) is 0 Å². The van der Waals surface area contributed by atoms with Crippen LogP contribution >= 0.6 is 24.2 Å². The van der Waals surface area contributed by atoms with Crippen LogP contribution in [0.15, 0.2) is 5.16 Å². The summed E-state index contributed by atoms with van der Waals surface area (Å²) in [6.07, 6.45) is 0. The van der Waals surface area contributed by atoms with E-state index in [0.29, 0.717) is 9.93 Å². The minimum absolute atomic E-state index is 0.501. The molecule has 13 heavy (non-hydrogen) atoms. The second-order valence-corrected chi connectivity index (χ2v) is 3.46. The molecule has 2 heterocycles. The van der Waals surface area contributed by atoms with Crippen molar-refractivity contribution >= 4 is 24.2 Å². The summed E-state index contributed by atoms with van der Waals surface area (Å²) in [6.45, 7) is 1.83. The maximum Gasteiger partial charge on any atom is 0.251 e. The Morgan fingerprint density at radius 3 is 2.85 bits per heavy atom. The van der Waals surface area contributed by atoms with Crippen LogP contribution in [0.5, 0.6) is 0 Å². The first-order valence-electron chi connectivity index (χ1n) is 3.33. The molecule has 9 heteroatoms. The van der Waals surface area contributed by atoms with Crippen molar-refractivity contribution in [3.8, 4) is 0 Å². The van der Waals surface area contributed by atoms with Gasteiger partial charge in [-0.3, -0.25) is 5.10 Å². The molecule has 0 saturated heterocycles. The summed E-state index contributed by atoms with van der Waals surface area (Å²) in [5.41, 5.74) is 0. The van der Waals surface area contributed by atoms with E-state index in [9.17, 15) is 0 Å². The molecule has 0 saturated carbocycles. The molecule has 0 radical (unpaired) electrons. The maximum absolute atomic E-state index is 4.98. The second-order valence-electron chi connectivity index (χ2n) is 2.16. The van der Waals surface area contributed by atoms with Crippen LogP contribution in [0.1, 0.15) is 5.82 Å². The van der Waals surface area contributed by atoms with Crippen molar-refractivity contribution in [3.63, 3.8) is 0 Å². The zero-order valence-corrected chi connectivity index (χ0v) is 8.19. The standard InChI is InChI=1S/C4H5N7S2/c1-2-5-8-4(12)11(2)13-3-6-9-10-7-3/h1H3,(H,8,12)(H,6,7,9,10). The summed E-state index contributed by atoms with van der Waals surface area (Å²) < 4.78 is 2.23. The number of nitrogens with one attached hydrogen (secondary N) is 2. The predicted molar refractivity (Wildman–Crippen MR) is 47.6 cm³/mol. The third-order valence-corrected chi connectivity index (χ3v) is 2.65. The second kappa shape index (κ2) is 3.26. The van der Waals surface area contributed by atoms with E-state index in [1.54, 1.807) is 3.97 Å². The molecule has 0 aliphatic heterocycles. The lowest BCUT2D eigenvalue weighted by atomic mass is 10.8. The van der Waals surface area contributed by atoms with Crippen molar-refractivity contribution in [1.82, 2.24) is 34.8 Å². The normalized spacial score (nSPS) is 10.5. The van der Waals surface area contributed by atoms with Crippen molar-refractivity contribution in [2.45, 2.75) is 12.1 Å². The summed E-state index contributed by atoms with van der Waals surface area (Å²) in [5, 5.41) is 20.4. The van der Waals surface area contributed by atoms with Crippen molar-refractivity contribution in [1.29, 1.82) is 0 Å². The Balaban J connectivity index is 2.33. The van der Waals surface area contributed by atoms with Crippen LogP contribution in [0.25, 0.3) is 0 Å². The summed E-state index contributed by atoms with van der Waals surface area (Å²) in [7, 11) is 0. The SMILES string of the molecule is Cc1n[nH]c(=S)n1Sc1nn[nH]n1. The largest absolute Gasteiger partial charge is 0.251 e. The Morgan fingerprint density at radius 2 is 2.31 bits per heavy atom. The number of tetrazole rings is 1. The van der Waals surface area contributed by atoms with Gasteiger partial charge < -0.3 is 0 Å². The smallest absolute Gasteiger partial charge is 0.251 e. The lowest BCUT2D eigenvalue weighted by Crippen LogP contribution is -1.91. The Kier molecular flexibility index (Phi) is 2.10. The van der Waals surface area contributed by atoms with Gasteiger partial charge in [0.15, 0.2) is 0 Å². The molecule has 68 valence electrons. The van der Waals surface area contributed by atoms with E-state index in [2.05, 4.69) is 30.8 Å². The van der Waals surface area contributed by atoms with Crippen LogP contribution in [0.3, 0.4) is 0 Å². The summed E-state index contributed by atoms with van der Waals surface area (Å²) in [5.74, 6) is 0.764. The number of hydrogen-bond donors (Lipinski definition) is 2. The summed E-state index contributed by atoms with van der Waals surface area (Å²) >= 11 is 6.24. The minimum atomic E-state index is 0.501. The molecule has 0 aromatic carbocycles. The minimum Gasteiger partial charge on any atom is -0.251 e. The molecule has 7 nitrogen and oxygen atoms in total. The van der Waals surface area contributed by atoms with Gasteiger partial charge in [0.05, 0.1) is 0 Å². The van der Waals surface area contributed by atoms with E-state index in [-0.39, 0.29) is 0 Å². The zero-order valence-electron chi connectivity index (χ0n) is 6.55. The van der Waals surface area contributed by atoms with Crippen LogP contribution in [-0.2, 0) is 0 Å². The maximum atomic E-state index is 4.98. The van der Waals surface area contributed by atoms with E-state index in [0.717, 1.165) is 5.82 Å². The Labute approximate surface area is 82.1 Å². The third-order valence-electron chi connectivity index (χ3n) is 1.29. The lowest BCUT2D eigenvalue weighted by Gasteiger charge is -1.95. The van der Waals surface area contributed by atoms with Crippen molar-refractivity contribution in [2.75, 3.05) is 0 Å². The topological polar surface area (TPSA) is 88.1 Å². The molecule has 0 amide bonds. The lowest BCUT2D eigenvalue weighted by molar-refractivity contribution is 0.881. The van der Waals surface area contributed by atoms with Gasteiger partial charge in [-0.15, -0.1) is 5.10 Å². The van der Waals surface area contributed by atoms with E-state index in [4.69, 9.17) is 12.2 Å². The van der Waals surface area contributed by atoms with Crippen LogP contribution in [0.2, 0.25) is 0 Å². The molecule has 0 bridgehead atoms. The van der Waals surface area contributed by atoms with Crippen molar-refractivity contribution < 1.29 is 0 Å².